The second kappa shape index (κ2) is 7.59. The molecule has 2 amide bonds. The molecule has 4 rings (SSSR count). The fourth-order valence-electron chi connectivity index (χ4n) is 4.00. The number of amides is 2. The minimum Gasteiger partial charge on any atom is -0.338 e. The number of likely N-dealkylation sites (tertiary alicyclic amines) is 1. The number of carbonyl (C=O) groups is 2. The molecule has 0 bridgehead atoms. The van der Waals surface area contributed by atoms with Gasteiger partial charge in [-0.2, -0.15) is 0 Å². The van der Waals surface area contributed by atoms with E-state index in [1.807, 2.05) is 41.0 Å². The van der Waals surface area contributed by atoms with Gasteiger partial charge >= 0.3 is 0 Å². The zero-order valence-electron chi connectivity index (χ0n) is 15.9. The molecule has 2 aliphatic rings. The van der Waals surface area contributed by atoms with E-state index in [4.69, 9.17) is 0 Å². The van der Waals surface area contributed by atoms with Crippen molar-refractivity contribution < 1.29 is 14.0 Å². The van der Waals surface area contributed by atoms with Crippen LogP contribution in [0.1, 0.15) is 39.1 Å². The van der Waals surface area contributed by atoms with E-state index in [9.17, 15) is 14.0 Å². The summed E-state index contributed by atoms with van der Waals surface area (Å²) in [7, 11) is 0. The average Bonchev–Trinajstić information content (AvgIpc) is 3.11. The molecule has 28 heavy (non-hydrogen) atoms. The zero-order chi connectivity index (χ0) is 19.7. The van der Waals surface area contributed by atoms with Crippen molar-refractivity contribution in [1.82, 2.24) is 9.80 Å². The number of piperidine rings is 1. The van der Waals surface area contributed by atoms with E-state index in [-0.39, 0.29) is 22.5 Å². The fourth-order valence-corrected chi connectivity index (χ4v) is 5.45. The monoisotopic (exact) mass is 398 g/mol. The van der Waals surface area contributed by atoms with Crippen LogP contribution in [0.2, 0.25) is 0 Å². The van der Waals surface area contributed by atoms with Crippen molar-refractivity contribution >= 4 is 23.6 Å². The highest BCUT2D eigenvalue weighted by Crippen LogP contribution is 2.44. The van der Waals surface area contributed by atoms with E-state index in [1.165, 1.54) is 12.1 Å². The molecule has 4 nitrogen and oxygen atoms in total. The third kappa shape index (κ3) is 3.53. The summed E-state index contributed by atoms with van der Waals surface area (Å²) in [6.07, 6.45) is 1.50. The second-order valence-electron chi connectivity index (χ2n) is 7.42. The lowest BCUT2D eigenvalue weighted by Gasteiger charge is -2.44. The van der Waals surface area contributed by atoms with Crippen LogP contribution < -0.4 is 0 Å². The van der Waals surface area contributed by atoms with E-state index in [0.717, 1.165) is 24.2 Å². The van der Waals surface area contributed by atoms with Crippen molar-refractivity contribution in [3.05, 3.63) is 71.0 Å². The first-order chi connectivity index (χ1) is 13.5. The molecule has 0 N–H and O–H groups in total. The number of hydrogen-bond acceptors (Lipinski definition) is 3. The van der Waals surface area contributed by atoms with Gasteiger partial charge in [0.15, 0.2) is 0 Å². The van der Waals surface area contributed by atoms with Crippen molar-refractivity contribution in [3.8, 4) is 0 Å². The first-order valence-electron chi connectivity index (χ1n) is 9.56. The van der Waals surface area contributed by atoms with Gasteiger partial charge in [0.2, 0.25) is 0 Å². The predicted molar refractivity (Wildman–Crippen MR) is 109 cm³/mol. The summed E-state index contributed by atoms with van der Waals surface area (Å²) in [5, 5.41) is 0. The number of thioether (sulfide) groups is 1. The van der Waals surface area contributed by atoms with Crippen molar-refractivity contribution in [3.63, 3.8) is 0 Å². The quantitative estimate of drug-likeness (QED) is 0.769. The van der Waals surface area contributed by atoms with Crippen molar-refractivity contribution in [2.75, 3.05) is 25.4 Å². The smallest absolute Gasteiger partial charge is 0.254 e. The highest BCUT2D eigenvalue weighted by atomic mass is 32.2. The summed E-state index contributed by atoms with van der Waals surface area (Å²) < 4.78 is 13.2. The number of benzene rings is 2. The molecule has 2 aliphatic heterocycles. The van der Waals surface area contributed by atoms with Crippen LogP contribution in [0.3, 0.4) is 0 Å². The molecule has 2 aromatic carbocycles. The SMILES string of the molecule is Cc1ccc(C(=O)N2CCC3(CC2)SCCN3C(=O)c2ccc(F)cc2)cc1. The van der Waals surface area contributed by atoms with Crippen molar-refractivity contribution in [2.24, 2.45) is 0 Å². The van der Waals surface area contributed by atoms with Crippen LogP contribution in [0.5, 0.6) is 0 Å². The minimum absolute atomic E-state index is 0.0502. The van der Waals surface area contributed by atoms with Crippen LogP contribution >= 0.6 is 11.8 Å². The molecule has 0 saturated carbocycles. The lowest BCUT2D eigenvalue weighted by Crippen LogP contribution is -2.53. The van der Waals surface area contributed by atoms with Crippen LogP contribution in [0.15, 0.2) is 48.5 Å². The van der Waals surface area contributed by atoms with E-state index in [2.05, 4.69) is 0 Å². The number of nitrogens with zero attached hydrogens (tertiary/aromatic N) is 2. The van der Waals surface area contributed by atoms with Crippen LogP contribution in [-0.4, -0.2) is 51.9 Å². The molecule has 6 heteroatoms. The molecule has 0 unspecified atom stereocenters. The second-order valence-corrected chi connectivity index (χ2v) is 8.87. The van der Waals surface area contributed by atoms with Gasteiger partial charge in [0.25, 0.3) is 11.8 Å². The summed E-state index contributed by atoms with van der Waals surface area (Å²) in [5.41, 5.74) is 2.35. The van der Waals surface area contributed by atoms with Gasteiger partial charge in [-0.25, -0.2) is 4.39 Å². The molecule has 2 aromatic rings. The van der Waals surface area contributed by atoms with E-state index in [0.29, 0.717) is 30.8 Å². The Balaban J connectivity index is 1.46. The predicted octanol–water partition coefficient (Wildman–Crippen LogP) is 3.96. The summed E-state index contributed by atoms with van der Waals surface area (Å²) in [6.45, 7) is 3.95. The van der Waals surface area contributed by atoms with Crippen LogP contribution in [-0.2, 0) is 0 Å². The summed E-state index contributed by atoms with van der Waals surface area (Å²) in [6, 6.07) is 13.4. The van der Waals surface area contributed by atoms with Crippen LogP contribution in [0.25, 0.3) is 0 Å². The standard InChI is InChI=1S/C22H23FN2O2S/c1-16-2-4-17(5-3-16)20(26)24-12-10-22(11-13-24)25(14-15-28-22)21(27)18-6-8-19(23)9-7-18/h2-9H,10-15H2,1H3. The first-order valence-corrected chi connectivity index (χ1v) is 10.5. The summed E-state index contributed by atoms with van der Waals surface area (Å²) in [5.74, 6) is 0.543. The van der Waals surface area contributed by atoms with Gasteiger partial charge in [-0.05, 0) is 56.2 Å². The largest absolute Gasteiger partial charge is 0.338 e. The normalized spacial score (nSPS) is 18.5. The maximum atomic E-state index is 13.2. The molecule has 2 fully saturated rings. The average molecular weight is 399 g/mol. The first kappa shape index (κ1) is 19.0. The van der Waals surface area contributed by atoms with Gasteiger partial charge in [-0.15, -0.1) is 11.8 Å². The maximum absolute atomic E-state index is 13.2. The lowest BCUT2D eigenvalue weighted by atomic mass is 10.00. The Morgan fingerprint density at radius 3 is 2.11 bits per heavy atom. The molecule has 2 saturated heterocycles. The fraction of sp³-hybridized carbons (Fsp3) is 0.364. The number of carbonyl (C=O) groups excluding carboxylic acids is 2. The molecule has 0 aliphatic carbocycles. The van der Waals surface area contributed by atoms with Crippen LogP contribution in [0, 0.1) is 12.7 Å². The Morgan fingerprint density at radius 1 is 0.893 bits per heavy atom. The Labute approximate surface area is 168 Å². The Bertz CT molecular complexity index is 874. The Kier molecular flexibility index (Phi) is 5.15. The highest BCUT2D eigenvalue weighted by molar-refractivity contribution is 8.00. The van der Waals surface area contributed by atoms with Crippen LogP contribution in [0.4, 0.5) is 4.39 Å². The van der Waals surface area contributed by atoms with E-state index < -0.39 is 0 Å². The lowest BCUT2D eigenvalue weighted by molar-refractivity contribution is 0.0498. The van der Waals surface area contributed by atoms with Gasteiger partial charge in [-0.1, -0.05) is 17.7 Å². The molecule has 0 radical (unpaired) electrons. The van der Waals surface area contributed by atoms with Gasteiger partial charge in [0, 0.05) is 36.5 Å². The molecule has 0 aromatic heterocycles. The molecular weight excluding hydrogens is 375 g/mol. The number of halogens is 1. The molecule has 1 spiro atoms. The maximum Gasteiger partial charge on any atom is 0.254 e. The summed E-state index contributed by atoms with van der Waals surface area (Å²) >= 11 is 1.80. The highest BCUT2D eigenvalue weighted by Gasteiger charge is 2.47. The Hall–Kier alpha value is -2.34. The van der Waals surface area contributed by atoms with E-state index >= 15 is 0 Å². The van der Waals surface area contributed by atoms with E-state index in [1.54, 1.807) is 23.9 Å². The van der Waals surface area contributed by atoms with Crippen molar-refractivity contribution in [2.45, 2.75) is 24.6 Å². The molecular formula is C22H23FN2O2S. The topological polar surface area (TPSA) is 40.6 Å². The zero-order valence-corrected chi connectivity index (χ0v) is 16.7. The third-order valence-corrected chi connectivity index (χ3v) is 7.20. The minimum atomic E-state index is -0.343. The number of aryl methyl sites for hydroxylation is 1. The molecule has 2 heterocycles. The third-order valence-electron chi connectivity index (χ3n) is 5.64. The van der Waals surface area contributed by atoms with Gasteiger partial charge in [0.05, 0.1) is 4.87 Å². The summed E-state index contributed by atoms with van der Waals surface area (Å²) in [4.78, 5) is 29.3. The number of hydrogen-bond donors (Lipinski definition) is 0. The molecule has 146 valence electrons. The van der Waals surface area contributed by atoms with Gasteiger partial charge < -0.3 is 9.80 Å². The number of rotatable bonds is 2. The van der Waals surface area contributed by atoms with Gasteiger partial charge in [-0.3, -0.25) is 9.59 Å². The van der Waals surface area contributed by atoms with Crippen molar-refractivity contribution in [1.29, 1.82) is 0 Å². The van der Waals surface area contributed by atoms with Gasteiger partial charge in [0.1, 0.15) is 5.82 Å². The Morgan fingerprint density at radius 2 is 1.46 bits per heavy atom. The molecule has 0 atom stereocenters.